The van der Waals surface area contributed by atoms with Crippen LogP contribution in [-0.2, 0) is 0 Å². The number of benzene rings is 1. The van der Waals surface area contributed by atoms with E-state index in [2.05, 4.69) is 5.16 Å². The second-order valence-electron chi connectivity index (χ2n) is 4.49. The molecule has 0 fully saturated rings. The predicted octanol–water partition coefficient (Wildman–Crippen LogP) is 1.68. The van der Waals surface area contributed by atoms with Crippen molar-refractivity contribution in [3.05, 3.63) is 29.8 Å². The fourth-order valence-electron chi connectivity index (χ4n) is 1.60. The van der Waals surface area contributed by atoms with Crippen LogP contribution < -0.4 is 10.5 Å². The van der Waals surface area contributed by atoms with Crippen molar-refractivity contribution in [1.29, 1.82) is 0 Å². The number of carbonyl (C=O) groups excluding carboxylic acids is 1. The lowest BCUT2D eigenvalue weighted by Crippen LogP contribution is -2.43. The molecule has 0 spiro atoms. The average molecular weight is 279 g/mol. The molecule has 0 aliphatic rings. The van der Waals surface area contributed by atoms with Gasteiger partial charge in [-0.05, 0) is 31.5 Å². The van der Waals surface area contributed by atoms with Crippen LogP contribution in [0.2, 0.25) is 0 Å². The Bertz CT molecular complexity index is 488. The minimum Gasteiger partial charge on any atom is -0.494 e. The van der Waals surface area contributed by atoms with Crippen LogP contribution in [0.15, 0.2) is 29.4 Å². The Kier molecular flexibility index (Phi) is 5.83. The third-order valence-electron chi connectivity index (χ3n) is 3.00. The number of nitrogens with zero attached hydrogens (tertiary/aromatic N) is 2. The summed E-state index contributed by atoms with van der Waals surface area (Å²) in [5.41, 5.74) is 6.01. The van der Waals surface area contributed by atoms with E-state index in [0.717, 1.165) is 6.42 Å². The minimum atomic E-state index is -0.493. The maximum Gasteiger partial charge on any atom is 0.254 e. The van der Waals surface area contributed by atoms with Gasteiger partial charge in [-0.25, -0.2) is 0 Å². The summed E-state index contributed by atoms with van der Waals surface area (Å²) >= 11 is 0. The molecule has 3 N–H and O–H groups in total. The molecule has 1 unspecified atom stereocenters. The summed E-state index contributed by atoms with van der Waals surface area (Å²) in [6, 6.07) is 6.47. The van der Waals surface area contributed by atoms with Crippen LogP contribution in [0.25, 0.3) is 0 Å². The van der Waals surface area contributed by atoms with Crippen molar-refractivity contribution in [3.8, 4) is 5.75 Å². The lowest BCUT2D eigenvalue weighted by atomic mass is 10.1. The third-order valence-corrected chi connectivity index (χ3v) is 3.00. The fraction of sp³-hybridized carbons (Fsp3) is 0.429. The van der Waals surface area contributed by atoms with Gasteiger partial charge in [-0.1, -0.05) is 18.1 Å². The summed E-state index contributed by atoms with van der Waals surface area (Å²) in [6.07, 6.45) is 0.901. The van der Waals surface area contributed by atoms with E-state index < -0.39 is 6.04 Å². The SMILES string of the molecule is CCCOc1cccc(C(=O)N(C)C(C)C(N)=NO)c1. The molecule has 20 heavy (non-hydrogen) atoms. The van der Waals surface area contributed by atoms with Crippen LogP contribution >= 0.6 is 0 Å². The zero-order valence-corrected chi connectivity index (χ0v) is 12.0. The van der Waals surface area contributed by atoms with E-state index in [1.54, 1.807) is 38.2 Å². The first-order valence-corrected chi connectivity index (χ1v) is 6.48. The first-order chi connectivity index (χ1) is 9.51. The van der Waals surface area contributed by atoms with Gasteiger partial charge in [0.25, 0.3) is 5.91 Å². The third kappa shape index (κ3) is 3.88. The Morgan fingerprint density at radius 2 is 2.25 bits per heavy atom. The largest absolute Gasteiger partial charge is 0.494 e. The van der Waals surface area contributed by atoms with E-state index in [4.69, 9.17) is 15.7 Å². The van der Waals surface area contributed by atoms with Gasteiger partial charge < -0.3 is 20.6 Å². The number of likely N-dealkylation sites (N-methyl/N-ethyl adjacent to an activating group) is 1. The standard InChI is InChI=1S/C14H21N3O3/c1-4-8-20-12-7-5-6-11(9-12)14(18)17(3)10(2)13(15)16-19/h5-7,9-10,19H,4,8H2,1-3H3,(H2,15,16). The average Bonchev–Trinajstić information content (AvgIpc) is 2.50. The molecule has 1 atom stereocenters. The van der Waals surface area contributed by atoms with Crippen LogP contribution in [0.3, 0.4) is 0 Å². The maximum absolute atomic E-state index is 12.3. The first-order valence-electron chi connectivity index (χ1n) is 6.48. The van der Waals surface area contributed by atoms with Gasteiger partial charge in [0.05, 0.1) is 12.6 Å². The number of nitrogens with two attached hydrogens (primary N) is 1. The smallest absolute Gasteiger partial charge is 0.254 e. The monoisotopic (exact) mass is 279 g/mol. The number of amidine groups is 1. The topological polar surface area (TPSA) is 88.2 Å². The highest BCUT2D eigenvalue weighted by Gasteiger charge is 2.20. The molecule has 1 amide bonds. The quantitative estimate of drug-likeness (QED) is 0.359. The lowest BCUT2D eigenvalue weighted by molar-refractivity contribution is 0.0776. The second kappa shape index (κ2) is 7.37. The molecule has 1 rings (SSSR count). The number of oxime groups is 1. The number of rotatable bonds is 6. The lowest BCUT2D eigenvalue weighted by Gasteiger charge is -2.24. The van der Waals surface area contributed by atoms with Crippen LogP contribution in [0.1, 0.15) is 30.6 Å². The molecule has 0 bridgehead atoms. The van der Waals surface area contributed by atoms with E-state index in [9.17, 15) is 4.79 Å². The highest BCUT2D eigenvalue weighted by atomic mass is 16.5. The molecule has 0 radical (unpaired) electrons. The molecule has 0 heterocycles. The van der Waals surface area contributed by atoms with E-state index in [1.165, 1.54) is 4.90 Å². The zero-order valence-electron chi connectivity index (χ0n) is 12.0. The summed E-state index contributed by atoms with van der Waals surface area (Å²) in [5, 5.41) is 11.6. The highest BCUT2D eigenvalue weighted by Crippen LogP contribution is 2.15. The van der Waals surface area contributed by atoms with Crippen LogP contribution in [0.4, 0.5) is 0 Å². The molecule has 110 valence electrons. The first kappa shape index (κ1) is 15.8. The molecule has 1 aromatic carbocycles. The van der Waals surface area contributed by atoms with Gasteiger partial charge in [0.1, 0.15) is 5.75 Å². The van der Waals surface area contributed by atoms with Gasteiger partial charge in [-0.2, -0.15) is 0 Å². The molecular formula is C14H21N3O3. The number of hydrogen-bond acceptors (Lipinski definition) is 4. The zero-order chi connectivity index (χ0) is 15.1. The molecular weight excluding hydrogens is 258 g/mol. The van der Waals surface area contributed by atoms with Crippen molar-refractivity contribution in [2.24, 2.45) is 10.9 Å². The van der Waals surface area contributed by atoms with Crippen molar-refractivity contribution >= 4 is 11.7 Å². The van der Waals surface area contributed by atoms with Gasteiger partial charge in [-0.15, -0.1) is 0 Å². The van der Waals surface area contributed by atoms with E-state index in [-0.39, 0.29) is 11.7 Å². The van der Waals surface area contributed by atoms with Gasteiger partial charge in [0, 0.05) is 12.6 Å². The number of carbonyl (C=O) groups is 1. The number of amides is 1. The summed E-state index contributed by atoms with van der Waals surface area (Å²) < 4.78 is 5.50. The Labute approximate surface area is 118 Å². The molecule has 6 heteroatoms. The Morgan fingerprint density at radius 1 is 1.55 bits per heavy atom. The Morgan fingerprint density at radius 3 is 2.85 bits per heavy atom. The fourth-order valence-corrected chi connectivity index (χ4v) is 1.60. The maximum atomic E-state index is 12.3. The summed E-state index contributed by atoms with van der Waals surface area (Å²) in [7, 11) is 1.60. The van der Waals surface area contributed by atoms with E-state index >= 15 is 0 Å². The molecule has 0 saturated heterocycles. The van der Waals surface area contributed by atoms with E-state index in [1.807, 2.05) is 6.92 Å². The normalized spacial score (nSPS) is 12.8. The highest BCUT2D eigenvalue weighted by molar-refractivity contribution is 5.98. The minimum absolute atomic E-state index is 0.0146. The molecule has 0 aliphatic heterocycles. The predicted molar refractivity (Wildman–Crippen MR) is 77.2 cm³/mol. The second-order valence-corrected chi connectivity index (χ2v) is 4.49. The van der Waals surface area contributed by atoms with Crippen molar-refractivity contribution in [1.82, 2.24) is 4.90 Å². The van der Waals surface area contributed by atoms with Crippen molar-refractivity contribution < 1.29 is 14.7 Å². The summed E-state index contributed by atoms with van der Waals surface area (Å²) in [6.45, 7) is 4.31. The number of ether oxygens (including phenoxy) is 1. The molecule has 0 aromatic heterocycles. The number of hydrogen-bond donors (Lipinski definition) is 2. The summed E-state index contributed by atoms with van der Waals surface area (Å²) in [4.78, 5) is 13.7. The van der Waals surface area contributed by atoms with Crippen molar-refractivity contribution in [3.63, 3.8) is 0 Å². The molecule has 1 aromatic rings. The van der Waals surface area contributed by atoms with Crippen molar-refractivity contribution in [2.45, 2.75) is 26.3 Å². The van der Waals surface area contributed by atoms with Gasteiger partial charge in [0.2, 0.25) is 0 Å². The molecule has 0 aliphatic carbocycles. The van der Waals surface area contributed by atoms with Gasteiger partial charge in [-0.3, -0.25) is 4.79 Å². The van der Waals surface area contributed by atoms with Gasteiger partial charge in [0.15, 0.2) is 5.84 Å². The molecule has 0 saturated carbocycles. The van der Waals surface area contributed by atoms with Crippen LogP contribution in [0.5, 0.6) is 5.75 Å². The van der Waals surface area contributed by atoms with Crippen LogP contribution in [0, 0.1) is 0 Å². The Hall–Kier alpha value is -2.24. The summed E-state index contributed by atoms with van der Waals surface area (Å²) in [5.74, 6) is 0.424. The molecule has 6 nitrogen and oxygen atoms in total. The van der Waals surface area contributed by atoms with E-state index in [0.29, 0.717) is 17.9 Å². The van der Waals surface area contributed by atoms with Crippen molar-refractivity contribution in [2.75, 3.05) is 13.7 Å². The Balaban J connectivity index is 2.86. The van der Waals surface area contributed by atoms with Gasteiger partial charge >= 0.3 is 0 Å². The van der Waals surface area contributed by atoms with Crippen LogP contribution in [-0.4, -0.2) is 41.5 Å².